The van der Waals surface area contributed by atoms with E-state index < -0.39 is 0 Å². The van der Waals surface area contributed by atoms with Crippen LogP contribution >= 0.6 is 0 Å². The summed E-state index contributed by atoms with van der Waals surface area (Å²) in [6.07, 6.45) is 4.41. The van der Waals surface area contributed by atoms with Gasteiger partial charge in [-0.05, 0) is 42.8 Å². The summed E-state index contributed by atoms with van der Waals surface area (Å²) in [5.74, 6) is 0.759. The van der Waals surface area contributed by atoms with Crippen molar-refractivity contribution in [3.63, 3.8) is 0 Å². The first-order chi connectivity index (χ1) is 17.7. The Kier molecular flexibility index (Phi) is 7.55. The van der Waals surface area contributed by atoms with E-state index in [-0.39, 0.29) is 5.91 Å². The van der Waals surface area contributed by atoms with E-state index >= 15 is 0 Å². The van der Waals surface area contributed by atoms with Gasteiger partial charge in [-0.1, -0.05) is 60.7 Å². The maximum atomic E-state index is 13.5. The first-order valence-electron chi connectivity index (χ1n) is 12.6. The van der Waals surface area contributed by atoms with Crippen molar-refractivity contribution in [3.8, 4) is 5.75 Å². The van der Waals surface area contributed by atoms with Gasteiger partial charge in [0.25, 0.3) is 5.91 Å². The molecule has 2 heterocycles. The molecule has 0 radical (unpaired) electrons. The van der Waals surface area contributed by atoms with Crippen LogP contribution in [0.1, 0.15) is 18.1 Å². The van der Waals surface area contributed by atoms with Crippen LogP contribution in [0.15, 0.2) is 89.9 Å². The van der Waals surface area contributed by atoms with E-state index in [0.29, 0.717) is 19.0 Å². The molecule has 184 valence electrons. The smallest absolute Gasteiger partial charge is 0.278 e. The molecule has 0 saturated carbocycles. The van der Waals surface area contributed by atoms with Crippen LogP contribution in [0.5, 0.6) is 5.75 Å². The maximum Gasteiger partial charge on any atom is 0.278 e. The summed E-state index contributed by atoms with van der Waals surface area (Å²) in [5, 5.41) is 0. The summed E-state index contributed by atoms with van der Waals surface area (Å²) in [4.78, 5) is 24.9. The lowest BCUT2D eigenvalue weighted by Gasteiger charge is -2.36. The van der Waals surface area contributed by atoms with Crippen LogP contribution in [0.25, 0.3) is 6.08 Å². The molecule has 0 aliphatic carbocycles. The lowest BCUT2D eigenvalue weighted by molar-refractivity contribution is -0.112. The van der Waals surface area contributed by atoms with Crippen LogP contribution in [0, 0.1) is 0 Å². The molecule has 36 heavy (non-hydrogen) atoms. The third-order valence-electron chi connectivity index (χ3n) is 6.57. The Labute approximate surface area is 213 Å². The molecule has 3 aromatic carbocycles. The lowest BCUT2D eigenvalue weighted by Crippen LogP contribution is -2.51. The molecule has 2 aliphatic heterocycles. The summed E-state index contributed by atoms with van der Waals surface area (Å²) in [7, 11) is 0. The van der Waals surface area contributed by atoms with E-state index in [1.54, 1.807) is 0 Å². The molecule has 2 aliphatic rings. The maximum absolute atomic E-state index is 13.5. The summed E-state index contributed by atoms with van der Waals surface area (Å²) < 4.78 is 5.52. The van der Waals surface area contributed by atoms with Crippen molar-refractivity contribution in [1.29, 1.82) is 0 Å². The molecule has 0 unspecified atom stereocenters. The number of benzene rings is 3. The minimum Gasteiger partial charge on any atom is -0.494 e. The zero-order valence-corrected chi connectivity index (χ0v) is 20.7. The summed E-state index contributed by atoms with van der Waals surface area (Å²) in [5.41, 5.74) is 4.29. The average Bonchev–Trinajstić information content (AvgIpc) is 3.17. The van der Waals surface area contributed by atoms with Crippen molar-refractivity contribution in [3.05, 3.63) is 96.1 Å². The van der Waals surface area contributed by atoms with Gasteiger partial charge in [-0.2, -0.15) is 0 Å². The number of ether oxygens (including phenoxy) is 1. The molecular weight excluding hydrogens is 448 g/mol. The van der Waals surface area contributed by atoms with Crippen LogP contribution in [0.2, 0.25) is 0 Å². The van der Waals surface area contributed by atoms with E-state index in [4.69, 9.17) is 9.73 Å². The molecule has 0 atom stereocenters. The van der Waals surface area contributed by atoms with Crippen LogP contribution in [-0.4, -0.2) is 67.4 Å². The Morgan fingerprint density at radius 2 is 1.56 bits per heavy atom. The number of fused-ring (bicyclic) bond motifs is 1. The molecule has 1 amide bonds. The van der Waals surface area contributed by atoms with Crippen molar-refractivity contribution in [2.24, 2.45) is 4.99 Å². The first kappa shape index (κ1) is 24.0. The largest absolute Gasteiger partial charge is 0.494 e. The number of hydrogen-bond donors (Lipinski definition) is 0. The lowest BCUT2D eigenvalue weighted by atomic mass is 10.1. The summed E-state index contributed by atoms with van der Waals surface area (Å²) in [6.45, 7) is 7.91. The third kappa shape index (κ3) is 5.56. The second-order valence-electron chi connectivity index (χ2n) is 9.01. The highest BCUT2D eigenvalue weighted by atomic mass is 16.5. The topological polar surface area (TPSA) is 48.4 Å². The number of aliphatic imine (C=N–C) groups is 1. The molecule has 6 heteroatoms. The number of hydrogen-bond acceptors (Lipinski definition) is 5. The SMILES string of the molecule is CCOc1ccc(N=C2C(=O)N(CN3CCN(C/C=C/c4ccccc4)CC3)c3ccccc32)cc1. The van der Waals surface area contributed by atoms with E-state index in [0.717, 1.165) is 55.4 Å². The van der Waals surface area contributed by atoms with E-state index in [9.17, 15) is 4.79 Å². The highest BCUT2D eigenvalue weighted by molar-refractivity contribution is 6.54. The fraction of sp³-hybridized carbons (Fsp3) is 0.267. The third-order valence-corrected chi connectivity index (χ3v) is 6.57. The Bertz CT molecular complexity index is 1230. The van der Waals surface area contributed by atoms with Gasteiger partial charge in [-0.3, -0.25) is 19.5 Å². The first-order valence-corrected chi connectivity index (χ1v) is 12.6. The number of nitrogens with zero attached hydrogens (tertiary/aromatic N) is 4. The number of amides is 1. The predicted molar refractivity (Wildman–Crippen MR) is 146 cm³/mol. The number of para-hydroxylation sites is 1. The highest BCUT2D eigenvalue weighted by Crippen LogP contribution is 2.31. The van der Waals surface area contributed by atoms with Crippen molar-refractivity contribution in [2.75, 3.05) is 50.9 Å². The minimum absolute atomic E-state index is 0.0432. The van der Waals surface area contributed by atoms with Crippen molar-refractivity contribution < 1.29 is 9.53 Å². The number of carbonyl (C=O) groups is 1. The second-order valence-corrected chi connectivity index (χ2v) is 9.01. The van der Waals surface area contributed by atoms with Crippen molar-refractivity contribution in [1.82, 2.24) is 9.80 Å². The van der Waals surface area contributed by atoms with Crippen LogP contribution in [0.4, 0.5) is 11.4 Å². The number of anilines is 1. The molecule has 1 saturated heterocycles. The Morgan fingerprint density at radius 3 is 2.31 bits per heavy atom. The molecule has 0 aromatic heterocycles. The van der Waals surface area contributed by atoms with Crippen molar-refractivity contribution >= 4 is 29.1 Å². The average molecular weight is 481 g/mol. The molecule has 6 nitrogen and oxygen atoms in total. The van der Waals surface area contributed by atoms with Crippen LogP contribution in [0.3, 0.4) is 0 Å². The number of piperazine rings is 1. The molecule has 0 spiro atoms. The normalized spacial score (nSPS) is 17.8. The second kappa shape index (κ2) is 11.3. The van der Waals surface area contributed by atoms with Crippen LogP contribution < -0.4 is 9.64 Å². The van der Waals surface area contributed by atoms with Gasteiger partial charge < -0.3 is 4.74 Å². The van der Waals surface area contributed by atoms with Crippen LogP contribution in [-0.2, 0) is 4.79 Å². The molecule has 0 N–H and O–H groups in total. The monoisotopic (exact) mass is 480 g/mol. The van der Waals surface area contributed by atoms with E-state index in [1.807, 2.05) is 66.4 Å². The Hall–Kier alpha value is -3.74. The van der Waals surface area contributed by atoms with E-state index in [2.05, 4.69) is 46.2 Å². The van der Waals surface area contributed by atoms with Gasteiger partial charge in [0.15, 0.2) is 0 Å². The molecule has 3 aromatic rings. The van der Waals surface area contributed by atoms with Gasteiger partial charge in [-0.25, -0.2) is 4.99 Å². The predicted octanol–water partition coefficient (Wildman–Crippen LogP) is 4.84. The molecule has 5 rings (SSSR count). The van der Waals surface area contributed by atoms with Crippen molar-refractivity contribution in [2.45, 2.75) is 6.92 Å². The quantitative estimate of drug-likeness (QED) is 0.463. The highest BCUT2D eigenvalue weighted by Gasteiger charge is 2.35. The van der Waals surface area contributed by atoms with Gasteiger partial charge >= 0.3 is 0 Å². The van der Waals surface area contributed by atoms with Gasteiger partial charge in [0.1, 0.15) is 11.5 Å². The van der Waals surface area contributed by atoms with Gasteiger partial charge in [-0.15, -0.1) is 0 Å². The molecule has 1 fully saturated rings. The van der Waals surface area contributed by atoms with Gasteiger partial charge in [0.05, 0.1) is 24.7 Å². The molecule has 0 bridgehead atoms. The van der Waals surface area contributed by atoms with Gasteiger partial charge in [0, 0.05) is 38.3 Å². The Morgan fingerprint density at radius 1 is 0.861 bits per heavy atom. The Balaban J connectivity index is 1.22. The summed E-state index contributed by atoms with van der Waals surface area (Å²) >= 11 is 0. The summed E-state index contributed by atoms with van der Waals surface area (Å²) in [6, 6.07) is 25.9. The zero-order valence-electron chi connectivity index (χ0n) is 20.7. The standard InChI is InChI=1S/C30H32N4O2/c1-2-36-26-16-14-25(15-17-26)31-29-27-12-6-7-13-28(27)34(30(29)35)23-33-21-19-32(20-22-33)18-8-11-24-9-4-3-5-10-24/h3-17H,2,18-23H2,1H3/b11-8+,31-29?. The number of rotatable bonds is 8. The zero-order chi connectivity index (χ0) is 24.7. The fourth-order valence-corrected chi connectivity index (χ4v) is 4.64. The number of carbonyl (C=O) groups excluding carboxylic acids is 1. The van der Waals surface area contributed by atoms with Gasteiger partial charge in [0.2, 0.25) is 0 Å². The van der Waals surface area contributed by atoms with E-state index in [1.165, 1.54) is 5.56 Å². The minimum atomic E-state index is -0.0432. The molecular formula is C30H32N4O2. The fourth-order valence-electron chi connectivity index (χ4n) is 4.64.